The number of para-hydroxylation sites is 2. The maximum atomic E-state index is 10.3. The lowest BCUT2D eigenvalue weighted by Crippen LogP contribution is -1.94. The fraction of sp³-hybridized carbons (Fsp3) is 0. The summed E-state index contributed by atoms with van der Waals surface area (Å²) in [7, 11) is 0. The van der Waals surface area contributed by atoms with E-state index in [1.54, 1.807) is 0 Å². The summed E-state index contributed by atoms with van der Waals surface area (Å²) in [6.45, 7) is 0. The van der Waals surface area contributed by atoms with Crippen LogP contribution in [0.2, 0.25) is 0 Å². The molecule has 0 saturated heterocycles. The van der Waals surface area contributed by atoms with E-state index >= 15 is 0 Å². The zero-order valence-corrected chi connectivity index (χ0v) is 28.9. The van der Waals surface area contributed by atoms with Gasteiger partial charge in [0.15, 0.2) is 0 Å². The van der Waals surface area contributed by atoms with Crippen molar-refractivity contribution >= 4 is 43.4 Å². The number of nitrogens with zero attached hydrogens (tertiary/aromatic N) is 2. The monoisotopic (exact) mass is 672 g/mol. The van der Waals surface area contributed by atoms with E-state index in [4.69, 9.17) is 0 Å². The van der Waals surface area contributed by atoms with Crippen LogP contribution in [0.1, 0.15) is 5.56 Å². The minimum absolute atomic E-state index is 0.633. The minimum atomic E-state index is 0.633. The Morgan fingerprint density at radius 3 is 1.30 bits per heavy atom. The van der Waals surface area contributed by atoms with Crippen molar-refractivity contribution in [1.82, 2.24) is 4.57 Å². The van der Waals surface area contributed by atoms with Crippen molar-refractivity contribution in [2.75, 3.05) is 0 Å². The van der Waals surface area contributed by atoms with Gasteiger partial charge in [-0.3, -0.25) is 0 Å². The van der Waals surface area contributed by atoms with Crippen molar-refractivity contribution in [3.63, 3.8) is 0 Å². The van der Waals surface area contributed by atoms with Crippen molar-refractivity contribution in [2.45, 2.75) is 0 Å². The molecule has 0 spiro atoms. The molecular formula is C51H32N2. The van der Waals surface area contributed by atoms with Gasteiger partial charge in [-0.1, -0.05) is 146 Å². The molecule has 10 aromatic rings. The Hall–Kier alpha value is -7.21. The van der Waals surface area contributed by atoms with Gasteiger partial charge in [-0.25, -0.2) is 0 Å². The van der Waals surface area contributed by atoms with Crippen molar-refractivity contribution in [3.8, 4) is 56.3 Å². The second kappa shape index (κ2) is 12.5. The van der Waals surface area contributed by atoms with E-state index in [-0.39, 0.29) is 0 Å². The van der Waals surface area contributed by atoms with Gasteiger partial charge < -0.3 is 4.57 Å². The Labute approximate surface area is 308 Å². The number of aromatic nitrogens is 1. The summed E-state index contributed by atoms with van der Waals surface area (Å²) in [4.78, 5) is 0. The fourth-order valence-electron chi connectivity index (χ4n) is 8.26. The van der Waals surface area contributed by atoms with Gasteiger partial charge in [0.05, 0.1) is 22.7 Å². The zero-order valence-electron chi connectivity index (χ0n) is 28.9. The smallest absolute Gasteiger partial charge is 0.0992 e. The summed E-state index contributed by atoms with van der Waals surface area (Å²) in [6, 6.07) is 71.5. The van der Waals surface area contributed by atoms with E-state index < -0.39 is 0 Å². The van der Waals surface area contributed by atoms with Gasteiger partial charge in [0.2, 0.25) is 0 Å². The predicted octanol–water partition coefficient (Wildman–Crippen LogP) is 13.6. The molecule has 0 saturated carbocycles. The maximum Gasteiger partial charge on any atom is 0.0992 e. The first kappa shape index (κ1) is 30.6. The molecule has 9 aromatic carbocycles. The molecule has 53 heavy (non-hydrogen) atoms. The average Bonchev–Trinajstić information content (AvgIpc) is 3.57. The lowest BCUT2D eigenvalue weighted by Gasteiger charge is -2.18. The molecule has 0 bridgehead atoms. The average molecular weight is 673 g/mol. The molecule has 0 unspecified atom stereocenters. The number of nitriles is 1. The summed E-state index contributed by atoms with van der Waals surface area (Å²) >= 11 is 0. The Morgan fingerprint density at radius 2 is 0.736 bits per heavy atom. The van der Waals surface area contributed by atoms with Gasteiger partial charge in [-0.2, -0.15) is 5.26 Å². The zero-order chi connectivity index (χ0) is 35.3. The normalized spacial score (nSPS) is 11.4. The number of hydrogen-bond acceptors (Lipinski definition) is 1. The van der Waals surface area contributed by atoms with Gasteiger partial charge >= 0.3 is 0 Å². The Balaban J connectivity index is 1.13. The fourth-order valence-corrected chi connectivity index (χ4v) is 8.26. The third kappa shape index (κ3) is 5.10. The third-order valence-corrected chi connectivity index (χ3v) is 10.6. The molecule has 0 aliphatic heterocycles. The van der Waals surface area contributed by atoms with Crippen LogP contribution in [0.15, 0.2) is 194 Å². The highest BCUT2D eigenvalue weighted by Crippen LogP contribution is 2.44. The molecule has 246 valence electrons. The molecule has 1 aromatic heterocycles. The molecular weight excluding hydrogens is 641 g/mol. The first-order chi connectivity index (χ1) is 26.2. The van der Waals surface area contributed by atoms with Crippen LogP contribution in [0.3, 0.4) is 0 Å². The van der Waals surface area contributed by atoms with Gasteiger partial charge in [0.25, 0.3) is 0 Å². The van der Waals surface area contributed by atoms with Crippen LogP contribution in [-0.2, 0) is 0 Å². The van der Waals surface area contributed by atoms with Gasteiger partial charge in [0, 0.05) is 16.5 Å². The summed E-state index contributed by atoms with van der Waals surface area (Å²) in [6.07, 6.45) is 0. The molecule has 0 amide bonds. The molecule has 0 N–H and O–H groups in total. The molecule has 0 aliphatic carbocycles. The topological polar surface area (TPSA) is 28.7 Å². The Kier molecular flexibility index (Phi) is 7.23. The molecule has 2 nitrogen and oxygen atoms in total. The quantitative estimate of drug-likeness (QED) is 0.167. The molecule has 0 atom stereocenters. The van der Waals surface area contributed by atoms with Crippen molar-refractivity contribution in [2.24, 2.45) is 0 Å². The first-order valence-corrected chi connectivity index (χ1v) is 18.0. The molecule has 0 fully saturated rings. The molecule has 2 heteroatoms. The SMILES string of the molecule is N#Cc1cc(-c2cccc(-c3c4ccccc4c(-c4ccccc4)c4ccccc34)c2)cc(-c2cccc(-n3c4ccccc4c4ccccc43)c2)c1. The largest absolute Gasteiger partial charge is 0.309 e. The summed E-state index contributed by atoms with van der Waals surface area (Å²) < 4.78 is 2.34. The molecule has 1 heterocycles. The van der Waals surface area contributed by atoms with Crippen LogP contribution >= 0.6 is 0 Å². The van der Waals surface area contributed by atoms with E-state index in [1.165, 1.54) is 60.0 Å². The van der Waals surface area contributed by atoms with E-state index in [9.17, 15) is 5.26 Å². The number of fused-ring (bicyclic) bond motifs is 5. The lowest BCUT2D eigenvalue weighted by molar-refractivity contribution is 1.18. The van der Waals surface area contributed by atoms with Crippen molar-refractivity contribution in [3.05, 3.63) is 200 Å². The van der Waals surface area contributed by atoms with E-state index in [0.29, 0.717) is 5.56 Å². The van der Waals surface area contributed by atoms with Gasteiger partial charge in [-0.05, 0) is 115 Å². The van der Waals surface area contributed by atoms with E-state index in [1.807, 2.05) is 12.1 Å². The predicted molar refractivity (Wildman–Crippen MR) is 222 cm³/mol. The number of benzene rings is 9. The molecule has 0 aliphatic rings. The van der Waals surface area contributed by atoms with Gasteiger partial charge in [0.1, 0.15) is 0 Å². The lowest BCUT2D eigenvalue weighted by atomic mass is 9.85. The Morgan fingerprint density at radius 1 is 0.321 bits per heavy atom. The summed E-state index contributed by atoms with van der Waals surface area (Å²) in [5.74, 6) is 0. The maximum absolute atomic E-state index is 10.3. The Bertz CT molecular complexity index is 2960. The minimum Gasteiger partial charge on any atom is -0.309 e. The second-order valence-corrected chi connectivity index (χ2v) is 13.6. The first-order valence-electron chi connectivity index (χ1n) is 18.0. The third-order valence-electron chi connectivity index (χ3n) is 10.6. The van der Waals surface area contributed by atoms with Gasteiger partial charge in [-0.15, -0.1) is 0 Å². The highest BCUT2D eigenvalue weighted by molar-refractivity contribution is 6.21. The van der Waals surface area contributed by atoms with Crippen LogP contribution in [0.4, 0.5) is 0 Å². The highest BCUT2D eigenvalue weighted by Gasteiger charge is 2.17. The second-order valence-electron chi connectivity index (χ2n) is 13.6. The van der Waals surface area contributed by atoms with Crippen LogP contribution in [0, 0.1) is 11.3 Å². The van der Waals surface area contributed by atoms with Crippen molar-refractivity contribution in [1.29, 1.82) is 5.26 Å². The summed E-state index contributed by atoms with van der Waals surface area (Å²) in [5, 5.41) is 17.6. The van der Waals surface area contributed by atoms with Crippen LogP contribution in [-0.4, -0.2) is 4.57 Å². The highest BCUT2D eigenvalue weighted by atomic mass is 15.0. The van der Waals surface area contributed by atoms with Crippen LogP contribution in [0.5, 0.6) is 0 Å². The molecule has 0 radical (unpaired) electrons. The van der Waals surface area contributed by atoms with E-state index in [2.05, 4.69) is 193 Å². The number of rotatable bonds is 5. The standard InChI is InChI=1S/C51H32N2/c52-33-34-28-39(31-40(29-34)37-17-13-19-41(32-37)53-48-26-10-8-20-42(48)43-21-9-11-27-49(43)53)36-16-12-18-38(30-36)51-46-24-6-4-22-44(46)50(35-14-2-1-3-15-35)45-23-5-7-25-47(45)51/h1-32H. The van der Waals surface area contributed by atoms with Crippen LogP contribution in [0.25, 0.3) is 93.5 Å². The molecule has 10 rings (SSSR count). The van der Waals surface area contributed by atoms with Crippen LogP contribution < -0.4 is 0 Å². The van der Waals surface area contributed by atoms with E-state index in [0.717, 1.165) is 33.5 Å². The number of hydrogen-bond donors (Lipinski definition) is 0. The van der Waals surface area contributed by atoms with Crippen molar-refractivity contribution < 1.29 is 0 Å². The summed E-state index contributed by atoms with van der Waals surface area (Å²) in [5.41, 5.74) is 13.0.